The van der Waals surface area contributed by atoms with E-state index in [4.69, 9.17) is 9.47 Å². The van der Waals surface area contributed by atoms with Crippen molar-refractivity contribution in [2.24, 2.45) is 0 Å². The van der Waals surface area contributed by atoms with Crippen LogP contribution in [0.3, 0.4) is 0 Å². The van der Waals surface area contributed by atoms with Crippen molar-refractivity contribution < 1.29 is 18.7 Å². The zero-order valence-corrected chi connectivity index (χ0v) is 16.3. The third-order valence-electron chi connectivity index (χ3n) is 3.34. The Hall–Kier alpha value is -1.73. The first-order chi connectivity index (χ1) is 12.0. The van der Waals surface area contributed by atoms with Crippen LogP contribution in [0.2, 0.25) is 0 Å². The number of carbonyl (C=O) groups is 1. The fraction of sp³-hybridized carbons (Fsp3) is 0.278. The molecular weight excluding hydrogens is 409 g/mol. The van der Waals surface area contributed by atoms with E-state index in [1.165, 1.54) is 23.9 Å². The quantitative estimate of drug-likeness (QED) is 0.618. The molecular formula is C18H19BrFNO3S. The third kappa shape index (κ3) is 6.25. The van der Waals surface area contributed by atoms with Gasteiger partial charge in [0, 0.05) is 10.2 Å². The molecule has 0 saturated heterocycles. The van der Waals surface area contributed by atoms with Crippen LogP contribution in [-0.2, 0) is 4.79 Å². The van der Waals surface area contributed by atoms with Gasteiger partial charge < -0.3 is 14.8 Å². The van der Waals surface area contributed by atoms with E-state index in [-0.39, 0.29) is 16.8 Å². The second-order valence-electron chi connectivity index (χ2n) is 5.15. The lowest BCUT2D eigenvalue weighted by Gasteiger charge is -2.13. The number of ether oxygens (including phenoxy) is 2. The summed E-state index contributed by atoms with van der Waals surface area (Å²) in [6.45, 7) is 2.26. The summed E-state index contributed by atoms with van der Waals surface area (Å²) in [6.07, 6.45) is 0. The molecule has 0 radical (unpaired) electrons. The molecule has 134 valence electrons. The van der Waals surface area contributed by atoms with Crippen molar-refractivity contribution in [2.45, 2.75) is 12.2 Å². The molecule has 0 aliphatic heterocycles. The highest BCUT2D eigenvalue weighted by Gasteiger charge is 2.15. The Morgan fingerprint density at radius 1 is 1.24 bits per heavy atom. The second-order valence-corrected chi connectivity index (χ2v) is 7.51. The number of hydrogen-bond acceptors (Lipinski definition) is 4. The molecule has 0 bridgehead atoms. The molecule has 0 aromatic heterocycles. The minimum absolute atomic E-state index is 0.176. The normalized spacial score (nSPS) is 11.7. The molecule has 0 saturated carbocycles. The van der Waals surface area contributed by atoms with Gasteiger partial charge in [0.05, 0.1) is 24.7 Å². The highest BCUT2D eigenvalue weighted by atomic mass is 79.9. The number of carbonyl (C=O) groups excluding carboxylic acids is 1. The van der Waals surface area contributed by atoms with Crippen molar-refractivity contribution in [1.29, 1.82) is 0 Å². The predicted octanol–water partition coefficient (Wildman–Crippen LogP) is 4.74. The van der Waals surface area contributed by atoms with E-state index < -0.39 is 5.82 Å². The summed E-state index contributed by atoms with van der Waals surface area (Å²) in [5, 5.41) is 2.28. The lowest BCUT2D eigenvalue weighted by atomic mass is 10.3. The summed E-state index contributed by atoms with van der Waals surface area (Å²) in [5.41, 5.74) is 0.176. The van der Waals surface area contributed by atoms with Gasteiger partial charge in [-0.3, -0.25) is 4.79 Å². The van der Waals surface area contributed by atoms with Crippen molar-refractivity contribution in [2.75, 3.05) is 24.8 Å². The molecule has 1 atom stereocenters. The average molecular weight is 428 g/mol. The van der Waals surface area contributed by atoms with Gasteiger partial charge >= 0.3 is 0 Å². The van der Waals surface area contributed by atoms with Gasteiger partial charge in [-0.2, -0.15) is 0 Å². The monoisotopic (exact) mass is 427 g/mol. The molecule has 0 spiro atoms. The number of thioether (sulfide) groups is 1. The summed E-state index contributed by atoms with van der Waals surface area (Å²) in [7, 11) is 1.61. The minimum atomic E-state index is -0.470. The molecule has 2 aromatic carbocycles. The van der Waals surface area contributed by atoms with Gasteiger partial charge in [-0.1, -0.05) is 15.9 Å². The van der Waals surface area contributed by atoms with Crippen molar-refractivity contribution in [1.82, 2.24) is 0 Å². The molecule has 2 rings (SSSR count). The van der Waals surface area contributed by atoms with Gasteiger partial charge in [0.1, 0.15) is 17.3 Å². The molecule has 4 nitrogen and oxygen atoms in total. The third-order valence-corrected chi connectivity index (χ3v) is 4.95. The fourth-order valence-corrected chi connectivity index (χ4v) is 3.03. The number of anilines is 1. The standard InChI is InChI=1S/C18H19BrFNO3S/c1-12(18(22)21-17-8-3-13(19)11-16(17)20)25-10-9-24-15-6-4-14(23-2)5-7-15/h3-8,11-12H,9-10H2,1-2H3,(H,21,22). The van der Waals surface area contributed by atoms with Gasteiger partial charge in [0.15, 0.2) is 0 Å². The van der Waals surface area contributed by atoms with Crippen LogP contribution in [0.25, 0.3) is 0 Å². The Labute approximate surface area is 159 Å². The van der Waals surface area contributed by atoms with Crippen LogP contribution in [0.15, 0.2) is 46.9 Å². The van der Waals surface area contributed by atoms with E-state index in [0.717, 1.165) is 11.5 Å². The molecule has 0 aliphatic carbocycles. The Kier molecular flexibility index (Phi) is 7.58. The summed E-state index contributed by atoms with van der Waals surface area (Å²) < 4.78 is 25.1. The maximum absolute atomic E-state index is 13.7. The largest absolute Gasteiger partial charge is 0.497 e. The topological polar surface area (TPSA) is 47.6 Å². The number of nitrogens with one attached hydrogen (secondary N) is 1. The summed E-state index contributed by atoms with van der Waals surface area (Å²) in [5.74, 6) is 1.45. The average Bonchev–Trinajstić information content (AvgIpc) is 2.61. The number of halogens is 2. The molecule has 0 heterocycles. The van der Waals surface area contributed by atoms with Crippen LogP contribution in [0.1, 0.15) is 6.92 Å². The van der Waals surface area contributed by atoms with Crippen molar-refractivity contribution >= 4 is 39.3 Å². The number of amides is 1. The van der Waals surface area contributed by atoms with Crippen molar-refractivity contribution in [3.05, 3.63) is 52.8 Å². The van der Waals surface area contributed by atoms with Crippen LogP contribution < -0.4 is 14.8 Å². The number of methoxy groups -OCH3 is 1. The van der Waals surface area contributed by atoms with E-state index in [1.54, 1.807) is 20.1 Å². The van der Waals surface area contributed by atoms with Crippen LogP contribution in [0, 0.1) is 5.82 Å². The molecule has 1 unspecified atom stereocenters. The van der Waals surface area contributed by atoms with Gasteiger partial charge in [-0.25, -0.2) is 4.39 Å². The zero-order chi connectivity index (χ0) is 18.2. The number of benzene rings is 2. The van der Waals surface area contributed by atoms with E-state index >= 15 is 0 Å². The minimum Gasteiger partial charge on any atom is -0.497 e. The Bertz CT molecular complexity index is 712. The van der Waals surface area contributed by atoms with Crippen molar-refractivity contribution in [3.8, 4) is 11.5 Å². The maximum atomic E-state index is 13.7. The number of rotatable bonds is 8. The zero-order valence-electron chi connectivity index (χ0n) is 13.9. The first-order valence-corrected chi connectivity index (χ1v) is 9.48. The summed E-state index contributed by atoms with van der Waals surface area (Å²) >= 11 is 4.63. The molecule has 25 heavy (non-hydrogen) atoms. The fourth-order valence-electron chi connectivity index (χ4n) is 1.96. The summed E-state index contributed by atoms with van der Waals surface area (Å²) in [4.78, 5) is 12.1. The highest BCUT2D eigenvalue weighted by molar-refractivity contribution is 9.10. The molecule has 1 amide bonds. The van der Waals surface area contributed by atoms with Crippen LogP contribution >= 0.6 is 27.7 Å². The lowest BCUT2D eigenvalue weighted by molar-refractivity contribution is -0.115. The molecule has 1 N–H and O–H groups in total. The van der Waals surface area contributed by atoms with Crippen LogP contribution in [0.5, 0.6) is 11.5 Å². The Morgan fingerprint density at radius 3 is 2.56 bits per heavy atom. The van der Waals surface area contributed by atoms with Gasteiger partial charge in [-0.15, -0.1) is 11.8 Å². The molecule has 0 aliphatic rings. The molecule has 7 heteroatoms. The van der Waals surface area contributed by atoms with E-state index in [0.29, 0.717) is 16.8 Å². The highest BCUT2D eigenvalue weighted by Crippen LogP contribution is 2.21. The summed E-state index contributed by atoms with van der Waals surface area (Å²) in [6, 6.07) is 11.8. The SMILES string of the molecule is COc1ccc(OCCSC(C)C(=O)Nc2ccc(Br)cc2F)cc1. The smallest absolute Gasteiger partial charge is 0.237 e. The Balaban J connectivity index is 1.73. The van der Waals surface area contributed by atoms with Gasteiger partial charge in [0.2, 0.25) is 5.91 Å². The van der Waals surface area contributed by atoms with Gasteiger partial charge in [0.25, 0.3) is 0 Å². The second kappa shape index (κ2) is 9.68. The maximum Gasteiger partial charge on any atom is 0.237 e. The van der Waals surface area contributed by atoms with E-state index in [1.807, 2.05) is 24.3 Å². The predicted molar refractivity (Wildman–Crippen MR) is 103 cm³/mol. The van der Waals surface area contributed by atoms with Crippen LogP contribution in [0.4, 0.5) is 10.1 Å². The van der Waals surface area contributed by atoms with E-state index in [9.17, 15) is 9.18 Å². The van der Waals surface area contributed by atoms with Crippen LogP contribution in [-0.4, -0.2) is 30.6 Å². The molecule has 0 fully saturated rings. The molecule has 2 aromatic rings. The van der Waals surface area contributed by atoms with E-state index in [2.05, 4.69) is 21.2 Å². The first-order valence-electron chi connectivity index (χ1n) is 7.64. The van der Waals surface area contributed by atoms with Crippen molar-refractivity contribution in [3.63, 3.8) is 0 Å². The first kappa shape index (κ1) is 19.6. The van der Waals surface area contributed by atoms with Gasteiger partial charge in [-0.05, 0) is 49.4 Å². The Morgan fingerprint density at radius 2 is 1.92 bits per heavy atom. The lowest BCUT2D eigenvalue weighted by Crippen LogP contribution is -2.24. The number of hydrogen-bond donors (Lipinski definition) is 1.